The molecule has 6 aromatic rings. The maximum absolute atomic E-state index is 7.23. The second kappa shape index (κ2) is 11.9. The van der Waals surface area contributed by atoms with E-state index in [2.05, 4.69) is 79.2 Å². The van der Waals surface area contributed by atoms with E-state index in [9.17, 15) is 0 Å². The maximum Gasteiger partial charge on any atom is 0.0300 e. The molecular formula is C35H32IrN2SSi-2. The number of nitrogens with zero attached hydrogens (tertiary/aromatic N) is 2. The molecule has 1 radical (unpaired) electrons. The first kappa shape index (κ1) is 24.8. The number of fused-ring (bicyclic) bond motifs is 3. The first-order chi connectivity index (χ1) is 20.1. The average Bonchev–Trinajstić information content (AvgIpc) is 3.77. The summed E-state index contributed by atoms with van der Waals surface area (Å²) >= 11 is 1.89. The van der Waals surface area contributed by atoms with Gasteiger partial charge in [0.1, 0.15) is 0 Å². The molecule has 0 aliphatic heterocycles. The molecular weight excluding hydrogens is 701 g/mol. The first-order valence-corrected chi connectivity index (χ1v) is 17.7. The van der Waals surface area contributed by atoms with Crippen molar-refractivity contribution in [3.8, 4) is 22.5 Å². The molecule has 3 aromatic carbocycles. The van der Waals surface area contributed by atoms with Crippen molar-refractivity contribution in [2.24, 2.45) is 0 Å². The number of thiophene rings is 1. The Kier molecular flexibility index (Phi) is 7.37. The predicted molar refractivity (Wildman–Crippen MR) is 170 cm³/mol. The van der Waals surface area contributed by atoms with Crippen LogP contribution in [0.2, 0.25) is 19.6 Å². The minimum atomic E-state index is -2.09. The molecule has 5 heteroatoms. The molecule has 0 amide bonds. The van der Waals surface area contributed by atoms with Crippen molar-refractivity contribution in [3.63, 3.8) is 0 Å². The third-order valence-corrected chi connectivity index (χ3v) is 10.3. The Morgan fingerprint density at radius 3 is 2.45 bits per heavy atom. The van der Waals surface area contributed by atoms with Crippen molar-refractivity contribution in [1.82, 2.24) is 9.97 Å². The normalized spacial score (nSPS) is 14.4. The molecule has 0 bridgehead atoms. The molecule has 2 nitrogen and oxygen atoms in total. The second-order valence-electron chi connectivity index (χ2n) is 11.1. The van der Waals surface area contributed by atoms with Gasteiger partial charge in [0.2, 0.25) is 0 Å². The summed E-state index contributed by atoms with van der Waals surface area (Å²) in [5, 5.41) is 4.34. The summed E-state index contributed by atoms with van der Waals surface area (Å²) in [6.07, 6.45) is 6.01. The zero-order chi connectivity index (χ0) is 29.5. The van der Waals surface area contributed by atoms with Gasteiger partial charge >= 0.3 is 0 Å². The summed E-state index contributed by atoms with van der Waals surface area (Å²) in [5.74, 6) is 0.746. The van der Waals surface area contributed by atoms with Crippen LogP contribution in [-0.2, 0) is 20.1 Å². The topological polar surface area (TPSA) is 25.8 Å². The Hall–Kier alpha value is -2.95. The Bertz CT molecular complexity index is 1860. The van der Waals surface area contributed by atoms with E-state index in [1.165, 1.54) is 55.5 Å². The Labute approximate surface area is 260 Å². The molecule has 1 saturated carbocycles. The molecule has 203 valence electrons. The first-order valence-electron chi connectivity index (χ1n) is 14.9. The van der Waals surface area contributed by atoms with Crippen LogP contribution in [0.4, 0.5) is 0 Å². The number of benzene rings is 3. The minimum absolute atomic E-state index is 0. The van der Waals surface area contributed by atoms with Crippen LogP contribution in [-0.4, -0.2) is 18.0 Å². The third-order valence-electron chi connectivity index (χ3n) is 7.10. The van der Waals surface area contributed by atoms with Gasteiger partial charge in [0, 0.05) is 49.4 Å². The van der Waals surface area contributed by atoms with Gasteiger partial charge in [-0.2, -0.15) is 11.3 Å². The van der Waals surface area contributed by atoms with Gasteiger partial charge in [0.15, 0.2) is 0 Å². The molecule has 1 aliphatic carbocycles. The molecule has 1 fully saturated rings. The standard InChI is InChI=1S/C23H22NSSi.C12H10N.Ir/c1-26(2,3)21-11-10-17(19-14-16(12-13-24-19)15-8-9-15)23-22(21)18-6-4-5-7-20(18)25-23;1-10-7-8-12(13-9-10)11-5-3-2-4-6-11;/h4-7,11-15H,8-9H2,1-3H3;2-5,7-9H,1H3;/q2*-1;/i;1D3;. The van der Waals surface area contributed by atoms with E-state index >= 15 is 0 Å². The fraction of sp³-hybridized carbons (Fsp3) is 0.200. The number of rotatable bonds is 4. The molecule has 0 saturated heterocycles. The van der Waals surface area contributed by atoms with Crippen LogP contribution >= 0.6 is 11.3 Å². The van der Waals surface area contributed by atoms with E-state index in [-0.39, 0.29) is 25.7 Å². The van der Waals surface area contributed by atoms with E-state index in [0.717, 1.165) is 22.9 Å². The van der Waals surface area contributed by atoms with Crippen molar-refractivity contribution in [2.45, 2.75) is 45.3 Å². The van der Waals surface area contributed by atoms with Crippen LogP contribution in [0.15, 0.2) is 91.3 Å². The summed E-state index contributed by atoms with van der Waals surface area (Å²) in [6, 6.07) is 33.0. The van der Waals surface area contributed by atoms with Crippen molar-refractivity contribution < 1.29 is 24.2 Å². The van der Waals surface area contributed by atoms with Crippen molar-refractivity contribution >= 4 is 44.8 Å². The van der Waals surface area contributed by atoms with E-state index in [4.69, 9.17) is 9.10 Å². The molecule has 0 atom stereocenters. The molecule has 40 heavy (non-hydrogen) atoms. The molecule has 0 unspecified atom stereocenters. The van der Waals surface area contributed by atoms with E-state index in [1.807, 2.05) is 35.7 Å². The number of aryl methyl sites for hydroxylation is 1. The van der Waals surface area contributed by atoms with Crippen LogP contribution in [0, 0.1) is 19.0 Å². The average molecular weight is 736 g/mol. The summed E-state index contributed by atoms with van der Waals surface area (Å²) in [6.45, 7) is 5.18. The van der Waals surface area contributed by atoms with Crippen LogP contribution in [0.25, 0.3) is 42.7 Å². The van der Waals surface area contributed by atoms with Crippen molar-refractivity contribution in [1.29, 1.82) is 0 Å². The van der Waals surface area contributed by atoms with E-state index < -0.39 is 14.9 Å². The number of aromatic nitrogens is 2. The van der Waals surface area contributed by atoms with Gasteiger partial charge in [-0.3, -0.25) is 0 Å². The van der Waals surface area contributed by atoms with Crippen molar-refractivity contribution in [3.05, 3.63) is 115 Å². The largest absolute Gasteiger partial charge is 0.305 e. The predicted octanol–water partition coefficient (Wildman–Crippen LogP) is 9.19. The summed E-state index contributed by atoms with van der Waals surface area (Å²) < 4.78 is 24.4. The monoisotopic (exact) mass is 736 g/mol. The molecule has 0 N–H and O–H groups in total. The molecule has 0 spiro atoms. The SMILES string of the molecule is C[Si](C)(C)c1c[c-]c(-c2cc(C3CC3)ccn2)c2sc3ccccc3c12.[2H]C([2H])([2H])c1ccc(-c2[c-]cccc2)nc1.[Ir]. The number of hydrogen-bond acceptors (Lipinski definition) is 3. The quantitative estimate of drug-likeness (QED) is 0.133. The smallest absolute Gasteiger partial charge is 0.0300 e. The summed E-state index contributed by atoms with van der Waals surface area (Å²) in [7, 11) is -1.47. The third kappa shape index (κ3) is 6.03. The summed E-state index contributed by atoms with van der Waals surface area (Å²) in [5.41, 5.74) is 5.53. The maximum atomic E-state index is 7.23. The van der Waals surface area contributed by atoms with Gasteiger partial charge in [-0.15, -0.1) is 58.8 Å². The van der Waals surface area contributed by atoms with Crippen molar-refractivity contribution in [2.75, 3.05) is 0 Å². The second-order valence-corrected chi connectivity index (χ2v) is 17.2. The zero-order valence-electron chi connectivity index (χ0n) is 25.8. The van der Waals surface area contributed by atoms with Gasteiger partial charge in [-0.25, -0.2) is 0 Å². The van der Waals surface area contributed by atoms with Crippen LogP contribution in [0.1, 0.15) is 34.0 Å². The molecule has 7 rings (SSSR count). The fourth-order valence-corrected chi connectivity index (χ4v) is 7.75. The van der Waals surface area contributed by atoms with E-state index in [0.29, 0.717) is 0 Å². The Balaban J connectivity index is 0.000000188. The van der Waals surface area contributed by atoms with Gasteiger partial charge in [-0.1, -0.05) is 67.0 Å². The number of pyridine rings is 2. The van der Waals surface area contributed by atoms with Crippen LogP contribution in [0.5, 0.6) is 0 Å². The van der Waals surface area contributed by atoms with Gasteiger partial charge in [0.05, 0.1) is 0 Å². The van der Waals surface area contributed by atoms with Crippen LogP contribution in [0.3, 0.4) is 0 Å². The Morgan fingerprint density at radius 1 is 0.925 bits per heavy atom. The van der Waals surface area contributed by atoms with Gasteiger partial charge in [0.25, 0.3) is 0 Å². The van der Waals surface area contributed by atoms with Gasteiger partial charge < -0.3 is 9.97 Å². The Morgan fingerprint density at radius 2 is 1.75 bits per heavy atom. The van der Waals surface area contributed by atoms with E-state index in [1.54, 1.807) is 18.2 Å². The zero-order valence-corrected chi connectivity index (χ0v) is 27.0. The minimum Gasteiger partial charge on any atom is -0.305 e. The number of hydrogen-bond donors (Lipinski definition) is 0. The summed E-state index contributed by atoms with van der Waals surface area (Å²) in [4.78, 5) is 8.84. The fourth-order valence-electron chi connectivity index (χ4n) is 4.91. The molecule has 1 aliphatic rings. The molecule has 3 aromatic heterocycles. The van der Waals surface area contributed by atoms with Gasteiger partial charge in [-0.05, 0) is 64.8 Å². The molecule has 3 heterocycles. The van der Waals surface area contributed by atoms with Crippen LogP contribution < -0.4 is 5.19 Å².